The zero-order valence-corrected chi connectivity index (χ0v) is 15.6. The Morgan fingerprint density at radius 1 is 0.963 bits per heavy atom. The molecule has 2 amide bonds. The van der Waals surface area contributed by atoms with Gasteiger partial charge < -0.3 is 15.1 Å². The Balaban J connectivity index is 1.61. The van der Waals surface area contributed by atoms with Crippen LogP contribution in [0.15, 0.2) is 48.5 Å². The summed E-state index contributed by atoms with van der Waals surface area (Å²) in [6, 6.07) is 14.1. The first kappa shape index (κ1) is 18.9. The molecule has 0 unspecified atom stereocenters. The summed E-state index contributed by atoms with van der Waals surface area (Å²) in [5.74, 6) is -1.23. The Morgan fingerprint density at radius 3 is 2.26 bits per heavy atom. The van der Waals surface area contributed by atoms with Crippen LogP contribution in [0.4, 0.5) is 15.8 Å². The lowest BCUT2D eigenvalue weighted by Crippen LogP contribution is -2.51. The van der Waals surface area contributed by atoms with Crippen LogP contribution in [0.2, 0.25) is 0 Å². The van der Waals surface area contributed by atoms with E-state index in [1.165, 1.54) is 11.0 Å². The van der Waals surface area contributed by atoms with Crippen LogP contribution in [-0.4, -0.2) is 42.9 Å². The minimum absolute atomic E-state index is 0.237. The molecular formula is C21H24FN3O2. The number of para-hydroxylation sites is 2. The quantitative estimate of drug-likeness (QED) is 0.845. The minimum atomic E-state index is -0.637. The summed E-state index contributed by atoms with van der Waals surface area (Å²) < 4.78 is 13.9. The first-order valence-electron chi connectivity index (χ1n) is 9.16. The number of carbonyl (C=O) groups excluding carboxylic acids is 2. The topological polar surface area (TPSA) is 52.7 Å². The molecule has 1 aliphatic heterocycles. The Labute approximate surface area is 158 Å². The number of nitrogens with zero attached hydrogens (tertiary/aromatic N) is 2. The van der Waals surface area contributed by atoms with E-state index in [-0.39, 0.29) is 11.7 Å². The maximum Gasteiger partial charge on any atom is 0.313 e. The minimum Gasteiger partial charge on any atom is -0.366 e. The molecule has 3 rings (SSSR count). The van der Waals surface area contributed by atoms with E-state index in [0.717, 1.165) is 5.56 Å². The molecule has 5 nitrogen and oxygen atoms in total. The zero-order chi connectivity index (χ0) is 19.4. The summed E-state index contributed by atoms with van der Waals surface area (Å²) in [7, 11) is 0. The second-order valence-electron chi connectivity index (χ2n) is 6.93. The van der Waals surface area contributed by atoms with E-state index < -0.39 is 11.8 Å². The van der Waals surface area contributed by atoms with Crippen LogP contribution < -0.4 is 10.2 Å². The molecule has 0 atom stereocenters. The van der Waals surface area contributed by atoms with Gasteiger partial charge in [-0.15, -0.1) is 0 Å². The van der Waals surface area contributed by atoms with Crippen LogP contribution in [0.25, 0.3) is 0 Å². The van der Waals surface area contributed by atoms with Crippen molar-refractivity contribution < 1.29 is 14.0 Å². The lowest BCUT2D eigenvalue weighted by molar-refractivity contribution is -0.143. The third kappa shape index (κ3) is 4.27. The van der Waals surface area contributed by atoms with E-state index in [0.29, 0.717) is 37.6 Å². The maximum absolute atomic E-state index is 13.9. The maximum atomic E-state index is 13.9. The predicted octanol–water partition coefficient (Wildman–Crippen LogP) is 3.24. The van der Waals surface area contributed by atoms with Crippen LogP contribution in [0, 0.1) is 5.82 Å². The number of rotatable bonds is 3. The van der Waals surface area contributed by atoms with Gasteiger partial charge in [-0.05, 0) is 29.7 Å². The second kappa shape index (κ2) is 8.20. The number of hydrogen-bond acceptors (Lipinski definition) is 3. The van der Waals surface area contributed by atoms with Gasteiger partial charge in [0.25, 0.3) is 0 Å². The van der Waals surface area contributed by atoms with Crippen molar-refractivity contribution in [1.82, 2.24) is 4.90 Å². The van der Waals surface area contributed by atoms with Crippen molar-refractivity contribution in [1.29, 1.82) is 0 Å². The molecule has 0 saturated carbocycles. The summed E-state index contributed by atoms with van der Waals surface area (Å²) in [6.07, 6.45) is 0. The van der Waals surface area contributed by atoms with E-state index in [4.69, 9.17) is 0 Å². The zero-order valence-electron chi connectivity index (χ0n) is 15.6. The molecule has 27 heavy (non-hydrogen) atoms. The Kier molecular flexibility index (Phi) is 5.74. The first-order chi connectivity index (χ1) is 13.0. The van der Waals surface area contributed by atoms with Gasteiger partial charge in [0.2, 0.25) is 0 Å². The summed E-state index contributed by atoms with van der Waals surface area (Å²) in [5, 5.41) is 2.74. The van der Waals surface area contributed by atoms with Crippen LogP contribution in [-0.2, 0) is 9.59 Å². The molecule has 0 aromatic heterocycles. The number of halogens is 1. The first-order valence-corrected chi connectivity index (χ1v) is 9.16. The monoisotopic (exact) mass is 369 g/mol. The molecule has 0 spiro atoms. The molecule has 1 N–H and O–H groups in total. The van der Waals surface area contributed by atoms with Crippen molar-refractivity contribution in [3.63, 3.8) is 0 Å². The number of piperazine rings is 1. The summed E-state index contributed by atoms with van der Waals surface area (Å²) in [5.41, 5.74) is 2.18. The van der Waals surface area contributed by atoms with Gasteiger partial charge in [0.05, 0.1) is 5.69 Å². The molecule has 6 heteroatoms. The van der Waals surface area contributed by atoms with Gasteiger partial charge in [-0.2, -0.15) is 0 Å². The van der Waals surface area contributed by atoms with E-state index in [9.17, 15) is 14.0 Å². The molecule has 0 aliphatic carbocycles. The van der Waals surface area contributed by atoms with Crippen molar-refractivity contribution in [2.45, 2.75) is 19.8 Å². The summed E-state index contributed by atoms with van der Waals surface area (Å²) in [6.45, 7) is 5.81. The standard InChI is InChI=1S/C21H24FN3O2/c1-15(2)16-7-3-5-9-18(16)23-20(26)21(27)25-13-11-24(12-14-25)19-10-6-4-8-17(19)22/h3-10,15H,11-14H2,1-2H3,(H,23,26). The Bertz CT molecular complexity index is 830. The van der Waals surface area contributed by atoms with E-state index >= 15 is 0 Å². The molecule has 1 heterocycles. The van der Waals surface area contributed by atoms with E-state index in [1.54, 1.807) is 24.3 Å². The average molecular weight is 369 g/mol. The fraction of sp³-hybridized carbons (Fsp3) is 0.333. The van der Waals surface area contributed by atoms with Gasteiger partial charge in [-0.1, -0.05) is 44.2 Å². The molecule has 1 fully saturated rings. The van der Waals surface area contributed by atoms with Crippen molar-refractivity contribution in [3.05, 3.63) is 59.9 Å². The second-order valence-corrected chi connectivity index (χ2v) is 6.93. The molecular weight excluding hydrogens is 345 g/mol. The molecule has 142 valence electrons. The number of anilines is 2. The van der Waals surface area contributed by atoms with Gasteiger partial charge in [0.1, 0.15) is 5.82 Å². The highest BCUT2D eigenvalue weighted by Crippen LogP contribution is 2.24. The number of nitrogens with one attached hydrogen (secondary N) is 1. The van der Waals surface area contributed by atoms with Crippen LogP contribution >= 0.6 is 0 Å². The Hall–Kier alpha value is -2.89. The van der Waals surface area contributed by atoms with E-state index in [2.05, 4.69) is 5.32 Å². The van der Waals surface area contributed by atoms with Crippen molar-refractivity contribution in [2.75, 3.05) is 36.4 Å². The van der Waals surface area contributed by atoms with Gasteiger partial charge in [-0.3, -0.25) is 9.59 Å². The molecule has 2 aromatic carbocycles. The fourth-order valence-corrected chi connectivity index (χ4v) is 3.29. The van der Waals surface area contributed by atoms with Gasteiger partial charge in [-0.25, -0.2) is 4.39 Å². The lowest BCUT2D eigenvalue weighted by atomic mass is 10.0. The normalized spacial score (nSPS) is 14.4. The largest absolute Gasteiger partial charge is 0.366 e. The molecule has 2 aromatic rings. The van der Waals surface area contributed by atoms with Crippen LogP contribution in [0.5, 0.6) is 0 Å². The van der Waals surface area contributed by atoms with Crippen molar-refractivity contribution in [2.24, 2.45) is 0 Å². The van der Waals surface area contributed by atoms with Crippen molar-refractivity contribution >= 4 is 23.2 Å². The molecule has 1 aliphatic rings. The third-order valence-corrected chi connectivity index (χ3v) is 4.79. The molecule has 1 saturated heterocycles. The van der Waals surface area contributed by atoms with Crippen LogP contribution in [0.3, 0.4) is 0 Å². The van der Waals surface area contributed by atoms with Gasteiger partial charge in [0, 0.05) is 31.9 Å². The number of amides is 2. The summed E-state index contributed by atoms with van der Waals surface area (Å²) in [4.78, 5) is 28.3. The summed E-state index contributed by atoms with van der Waals surface area (Å²) >= 11 is 0. The lowest BCUT2D eigenvalue weighted by Gasteiger charge is -2.35. The predicted molar refractivity (Wildman–Crippen MR) is 104 cm³/mol. The third-order valence-electron chi connectivity index (χ3n) is 4.79. The number of benzene rings is 2. The van der Waals surface area contributed by atoms with E-state index in [1.807, 2.05) is 36.9 Å². The number of carbonyl (C=O) groups is 2. The number of hydrogen-bond donors (Lipinski definition) is 1. The van der Waals surface area contributed by atoms with Gasteiger partial charge in [0.15, 0.2) is 0 Å². The van der Waals surface area contributed by atoms with Crippen molar-refractivity contribution in [3.8, 4) is 0 Å². The Morgan fingerprint density at radius 2 is 1.59 bits per heavy atom. The molecule has 0 radical (unpaired) electrons. The smallest absolute Gasteiger partial charge is 0.313 e. The highest BCUT2D eigenvalue weighted by atomic mass is 19.1. The van der Waals surface area contributed by atoms with Crippen LogP contribution in [0.1, 0.15) is 25.3 Å². The molecule has 0 bridgehead atoms. The fourth-order valence-electron chi connectivity index (χ4n) is 3.29. The highest BCUT2D eigenvalue weighted by molar-refractivity contribution is 6.39. The highest BCUT2D eigenvalue weighted by Gasteiger charge is 2.27. The van der Waals surface area contributed by atoms with Gasteiger partial charge >= 0.3 is 11.8 Å². The SMILES string of the molecule is CC(C)c1ccccc1NC(=O)C(=O)N1CCN(c2ccccc2F)CC1. The average Bonchev–Trinajstić information content (AvgIpc) is 2.68.